The number of amides is 1. The summed E-state index contributed by atoms with van der Waals surface area (Å²) in [5, 5.41) is 3.05. The molecule has 0 bridgehead atoms. The highest BCUT2D eigenvalue weighted by Crippen LogP contribution is 2.26. The quantitative estimate of drug-likeness (QED) is 0.817. The van der Waals surface area contributed by atoms with Crippen molar-refractivity contribution in [3.8, 4) is 0 Å². The number of nitrogens with two attached hydrogens (primary N) is 1. The predicted octanol–water partition coefficient (Wildman–Crippen LogP) is 1.90. The molecule has 23 heavy (non-hydrogen) atoms. The third-order valence-electron chi connectivity index (χ3n) is 4.69. The Morgan fingerprint density at radius 2 is 2.26 bits per heavy atom. The molecule has 126 valence electrons. The summed E-state index contributed by atoms with van der Waals surface area (Å²) in [4.78, 5) is 14.5. The number of nitrogens with one attached hydrogen (secondary N) is 1. The first-order valence-electron chi connectivity index (χ1n) is 8.29. The molecule has 2 fully saturated rings. The van der Waals surface area contributed by atoms with Crippen molar-refractivity contribution in [3.05, 3.63) is 28.7 Å². The number of nitrogens with zero attached hydrogens (tertiary/aromatic N) is 1. The normalized spacial score (nSPS) is 27.4. The van der Waals surface area contributed by atoms with E-state index < -0.39 is 0 Å². The monoisotopic (exact) mass is 381 g/mol. The van der Waals surface area contributed by atoms with E-state index in [1.165, 1.54) is 5.69 Å². The van der Waals surface area contributed by atoms with Crippen molar-refractivity contribution in [1.29, 1.82) is 0 Å². The van der Waals surface area contributed by atoms with Gasteiger partial charge in [-0.05, 0) is 43.4 Å². The minimum atomic E-state index is -0.314. The lowest BCUT2D eigenvalue weighted by Gasteiger charge is -2.19. The summed E-state index contributed by atoms with van der Waals surface area (Å²) in [5.41, 5.74) is 6.82. The van der Waals surface area contributed by atoms with E-state index in [4.69, 9.17) is 10.5 Å². The molecule has 1 aromatic rings. The number of benzene rings is 1. The number of carbonyl (C=O) groups is 1. The van der Waals surface area contributed by atoms with Gasteiger partial charge >= 0.3 is 0 Å². The van der Waals surface area contributed by atoms with Crippen LogP contribution < -0.4 is 16.0 Å². The lowest BCUT2D eigenvalue weighted by molar-refractivity contribution is -0.132. The molecule has 3 N–H and O–H groups in total. The van der Waals surface area contributed by atoms with E-state index in [1.807, 2.05) is 6.07 Å². The van der Waals surface area contributed by atoms with E-state index in [-0.39, 0.29) is 18.1 Å². The largest absolute Gasteiger partial charge is 0.371 e. The average Bonchev–Trinajstić information content (AvgIpc) is 3.22. The van der Waals surface area contributed by atoms with E-state index in [1.54, 1.807) is 0 Å². The second kappa shape index (κ2) is 7.64. The van der Waals surface area contributed by atoms with Crippen LogP contribution in [0, 0.1) is 5.92 Å². The number of ether oxygens (including phenoxy) is 1. The minimum Gasteiger partial charge on any atom is -0.371 e. The molecule has 0 saturated carbocycles. The average molecular weight is 382 g/mol. The van der Waals surface area contributed by atoms with Crippen LogP contribution in [-0.4, -0.2) is 44.3 Å². The van der Waals surface area contributed by atoms with Crippen molar-refractivity contribution in [2.75, 3.05) is 31.1 Å². The van der Waals surface area contributed by atoms with Crippen LogP contribution in [0.15, 0.2) is 28.7 Å². The third kappa shape index (κ3) is 4.25. The second-order valence-electron chi connectivity index (χ2n) is 6.39. The molecule has 3 atom stereocenters. The van der Waals surface area contributed by atoms with Crippen LogP contribution in [0.2, 0.25) is 0 Å². The zero-order valence-electron chi connectivity index (χ0n) is 13.2. The first-order chi connectivity index (χ1) is 11.2. The first kappa shape index (κ1) is 16.7. The molecule has 2 heterocycles. The summed E-state index contributed by atoms with van der Waals surface area (Å²) in [6.45, 7) is 3.23. The second-order valence-corrected chi connectivity index (χ2v) is 7.30. The molecule has 5 nitrogen and oxygen atoms in total. The summed E-state index contributed by atoms with van der Waals surface area (Å²) >= 11 is 3.52. The molecule has 0 aliphatic carbocycles. The molecule has 0 aromatic heterocycles. The fourth-order valence-electron chi connectivity index (χ4n) is 3.34. The van der Waals surface area contributed by atoms with Crippen molar-refractivity contribution >= 4 is 27.5 Å². The number of hydrogen-bond acceptors (Lipinski definition) is 4. The Kier molecular flexibility index (Phi) is 5.56. The Labute approximate surface area is 145 Å². The van der Waals surface area contributed by atoms with Gasteiger partial charge in [-0.3, -0.25) is 4.79 Å². The molecular weight excluding hydrogens is 358 g/mol. The topological polar surface area (TPSA) is 67.6 Å². The number of anilines is 1. The third-order valence-corrected chi connectivity index (χ3v) is 5.18. The summed E-state index contributed by atoms with van der Waals surface area (Å²) < 4.78 is 6.74. The Morgan fingerprint density at radius 3 is 3.00 bits per heavy atom. The highest BCUT2D eigenvalue weighted by molar-refractivity contribution is 9.10. The van der Waals surface area contributed by atoms with Gasteiger partial charge < -0.3 is 20.7 Å². The van der Waals surface area contributed by atoms with E-state index in [9.17, 15) is 4.79 Å². The van der Waals surface area contributed by atoms with Crippen molar-refractivity contribution in [1.82, 2.24) is 5.32 Å². The summed E-state index contributed by atoms with van der Waals surface area (Å²) in [6, 6.07) is 8.36. The van der Waals surface area contributed by atoms with Gasteiger partial charge in [0, 0.05) is 36.3 Å². The van der Waals surface area contributed by atoms with Gasteiger partial charge in [-0.2, -0.15) is 0 Å². The van der Waals surface area contributed by atoms with Crippen molar-refractivity contribution < 1.29 is 9.53 Å². The molecule has 6 heteroatoms. The van der Waals surface area contributed by atoms with Gasteiger partial charge in [-0.15, -0.1) is 0 Å². The molecule has 2 aliphatic rings. The Morgan fingerprint density at radius 1 is 1.39 bits per heavy atom. The molecule has 3 rings (SSSR count). The number of carbonyl (C=O) groups excluding carboxylic acids is 1. The lowest BCUT2D eigenvalue weighted by Crippen LogP contribution is -2.38. The van der Waals surface area contributed by atoms with E-state index >= 15 is 0 Å². The van der Waals surface area contributed by atoms with Gasteiger partial charge in [0.15, 0.2) is 0 Å². The van der Waals surface area contributed by atoms with Crippen molar-refractivity contribution in [2.24, 2.45) is 11.7 Å². The van der Waals surface area contributed by atoms with Gasteiger partial charge in [-0.25, -0.2) is 0 Å². The van der Waals surface area contributed by atoms with Crippen molar-refractivity contribution in [3.63, 3.8) is 0 Å². The zero-order valence-corrected chi connectivity index (χ0v) is 14.8. The van der Waals surface area contributed by atoms with Crippen LogP contribution in [0.4, 0.5) is 5.69 Å². The molecule has 2 aliphatic heterocycles. The fourth-order valence-corrected chi connectivity index (χ4v) is 3.72. The standard InChI is InChI=1S/C17H24BrN3O2/c18-13-2-1-3-14(8-13)21-7-6-12(11-21)10-20-17(22)16-5-4-15(9-19)23-16/h1-3,8,12,15-16H,4-7,9-11,19H2,(H,20,22)/t12?,15-,16+/m1/s1. The molecule has 1 unspecified atom stereocenters. The van der Waals surface area contributed by atoms with Crippen molar-refractivity contribution in [2.45, 2.75) is 31.5 Å². The summed E-state index contributed by atoms with van der Waals surface area (Å²) in [5.74, 6) is 0.506. The first-order valence-corrected chi connectivity index (χ1v) is 9.08. The maximum Gasteiger partial charge on any atom is 0.249 e. The van der Waals surface area contributed by atoms with Crippen LogP contribution in [0.25, 0.3) is 0 Å². The SMILES string of the molecule is NC[C@H]1CC[C@@H](C(=O)NCC2CCN(c3cccc(Br)c3)C2)O1. The highest BCUT2D eigenvalue weighted by atomic mass is 79.9. The lowest BCUT2D eigenvalue weighted by atomic mass is 10.1. The molecule has 2 saturated heterocycles. The molecule has 1 amide bonds. The minimum absolute atomic E-state index is 0.0156. The number of halogens is 1. The predicted molar refractivity (Wildman–Crippen MR) is 94.4 cm³/mol. The smallest absolute Gasteiger partial charge is 0.249 e. The van der Waals surface area contributed by atoms with Crippen LogP contribution in [0.5, 0.6) is 0 Å². The maximum atomic E-state index is 12.2. The Hall–Kier alpha value is -1.11. The van der Waals surface area contributed by atoms with E-state index in [2.05, 4.69) is 44.3 Å². The zero-order chi connectivity index (χ0) is 16.2. The summed E-state index contributed by atoms with van der Waals surface area (Å²) in [6.07, 6.45) is 2.50. The Balaban J connectivity index is 1.44. The maximum absolute atomic E-state index is 12.2. The highest BCUT2D eigenvalue weighted by Gasteiger charge is 2.30. The molecule has 0 spiro atoms. The number of rotatable bonds is 5. The summed E-state index contributed by atoms with van der Waals surface area (Å²) in [7, 11) is 0. The van der Waals surface area contributed by atoms with Gasteiger partial charge in [0.05, 0.1) is 6.10 Å². The van der Waals surface area contributed by atoms with E-state index in [0.29, 0.717) is 12.5 Å². The van der Waals surface area contributed by atoms with Crippen LogP contribution in [-0.2, 0) is 9.53 Å². The van der Waals surface area contributed by atoms with Gasteiger partial charge in [0.2, 0.25) is 5.91 Å². The number of hydrogen-bond donors (Lipinski definition) is 2. The molecular formula is C17H24BrN3O2. The van der Waals surface area contributed by atoms with Crippen LogP contribution in [0.1, 0.15) is 19.3 Å². The van der Waals surface area contributed by atoms with Gasteiger partial charge in [-0.1, -0.05) is 22.0 Å². The van der Waals surface area contributed by atoms with Gasteiger partial charge in [0.25, 0.3) is 0 Å². The van der Waals surface area contributed by atoms with Gasteiger partial charge in [0.1, 0.15) is 6.10 Å². The van der Waals surface area contributed by atoms with Crippen LogP contribution in [0.3, 0.4) is 0 Å². The van der Waals surface area contributed by atoms with E-state index in [0.717, 1.165) is 43.4 Å². The molecule has 0 radical (unpaired) electrons. The van der Waals surface area contributed by atoms with Crippen LogP contribution >= 0.6 is 15.9 Å². The Bertz CT molecular complexity index is 554. The fraction of sp³-hybridized carbons (Fsp3) is 0.588. The molecule has 1 aromatic carbocycles.